The van der Waals surface area contributed by atoms with Crippen LogP contribution < -0.4 is 5.32 Å². The van der Waals surface area contributed by atoms with Crippen molar-refractivity contribution in [2.75, 3.05) is 40.1 Å². The van der Waals surface area contributed by atoms with Gasteiger partial charge in [0, 0.05) is 33.8 Å². The Hall–Kier alpha value is -2.15. The van der Waals surface area contributed by atoms with Crippen molar-refractivity contribution in [1.29, 1.82) is 0 Å². The Morgan fingerprint density at radius 2 is 2.00 bits per heavy atom. The third kappa shape index (κ3) is 4.20. The molecule has 0 aliphatic heterocycles. The molecule has 110 valence electrons. The van der Waals surface area contributed by atoms with Crippen molar-refractivity contribution in [2.24, 2.45) is 0 Å². The van der Waals surface area contributed by atoms with E-state index in [0.29, 0.717) is 18.8 Å². The van der Waals surface area contributed by atoms with Crippen LogP contribution in [0.1, 0.15) is 5.56 Å². The van der Waals surface area contributed by atoms with Gasteiger partial charge in [0.25, 0.3) is 5.69 Å². The summed E-state index contributed by atoms with van der Waals surface area (Å²) >= 11 is 0. The Morgan fingerprint density at radius 3 is 2.50 bits per heavy atom. The Kier molecular flexibility index (Phi) is 5.45. The number of hydrogen-bond donors (Lipinski definition) is 1. The van der Waals surface area contributed by atoms with Crippen molar-refractivity contribution < 1.29 is 9.72 Å². The second-order valence-corrected chi connectivity index (χ2v) is 4.82. The summed E-state index contributed by atoms with van der Waals surface area (Å²) in [5.74, 6) is 0.0169. The minimum Gasteiger partial charge on any atom is -0.383 e. The van der Waals surface area contributed by atoms with E-state index in [1.54, 1.807) is 33.3 Å². The molecule has 1 N–H and O–H groups in total. The molecule has 1 aromatic carbocycles. The highest BCUT2D eigenvalue weighted by Crippen LogP contribution is 2.25. The van der Waals surface area contributed by atoms with Crippen LogP contribution in [-0.2, 0) is 11.3 Å². The highest BCUT2D eigenvalue weighted by atomic mass is 16.6. The maximum absolute atomic E-state index is 11.6. The molecule has 1 aromatic rings. The summed E-state index contributed by atoms with van der Waals surface area (Å²) in [7, 11) is 6.90. The number of nitro benzene ring substituents is 1. The number of carbonyl (C=O) groups excluding carboxylic acids is 1. The van der Waals surface area contributed by atoms with Crippen LogP contribution in [0.5, 0.6) is 0 Å². The van der Waals surface area contributed by atoms with Gasteiger partial charge in [-0.05, 0) is 18.7 Å². The van der Waals surface area contributed by atoms with Gasteiger partial charge in [-0.1, -0.05) is 6.07 Å². The average Bonchev–Trinajstić information content (AvgIpc) is 2.37. The zero-order valence-corrected chi connectivity index (χ0v) is 12.2. The number of likely N-dealkylation sites (N-methyl/N-ethyl adjacent to an activating group) is 2. The lowest BCUT2D eigenvalue weighted by molar-refractivity contribution is -0.384. The van der Waals surface area contributed by atoms with Crippen LogP contribution in [-0.4, -0.2) is 55.4 Å². The SMILES string of the molecule is CNc1cc(CN(C)CC(=O)N(C)C)ccc1[N+](=O)[O-]. The number of amides is 1. The van der Waals surface area contributed by atoms with Crippen LogP contribution in [0.4, 0.5) is 11.4 Å². The topological polar surface area (TPSA) is 78.7 Å². The number of carbonyl (C=O) groups is 1. The molecule has 0 aliphatic carbocycles. The second-order valence-electron chi connectivity index (χ2n) is 4.82. The van der Waals surface area contributed by atoms with Crippen LogP contribution in [0.15, 0.2) is 18.2 Å². The third-order valence-electron chi connectivity index (χ3n) is 2.88. The number of benzene rings is 1. The summed E-state index contributed by atoms with van der Waals surface area (Å²) in [6, 6.07) is 4.91. The van der Waals surface area contributed by atoms with Crippen molar-refractivity contribution >= 4 is 17.3 Å². The predicted octanol–water partition coefficient (Wildman–Crippen LogP) is 1.16. The summed E-state index contributed by atoms with van der Waals surface area (Å²) in [6.07, 6.45) is 0. The van der Waals surface area contributed by atoms with E-state index in [-0.39, 0.29) is 11.6 Å². The quantitative estimate of drug-likeness (QED) is 0.625. The number of hydrogen-bond acceptors (Lipinski definition) is 5. The summed E-state index contributed by atoms with van der Waals surface area (Å²) in [6.45, 7) is 0.852. The molecule has 1 amide bonds. The largest absolute Gasteiger partial charge is 0.383 e. The first-order valence-corrected chi connectivity index (χ1v) is 6.19. The van der Waals surface area contributed by atoms with E-state index in [9.17, 15) is 14.9 Å². The number of nitrogens with zero attached hydrogens (tertiary/aromatic N) is 3. The summed E-state index contributed by atoms with van der Waals surface area (Å²) in [5, 5.41) is 13.7. The molecule has 0 fully saturated rings. The molecule has 0 bridgehead atoms. The van der Waals surface area contributed by atoms with Gasteiger partial charge in [-0.15, -0.1) is 0 Å². The fraction of sp³-hybridized carbons (Fsp3) is 0.462. The first-order chi connectivity index (χ1) is 9.35. The Bertz CT molecular complexity index is 502. The number of rotatable bonds is 6. The average molecular weight is 280 g/mol. The lowest BCUT2D eigenvalue weighted by Crippen LogP contribution is -2.34. The smallest absolute Gasteiger partial charge is 0.292 e. The minimum absolute atomic E-state index is 0.0169. The first kappa shape index (κ1) is 15.9. The highest BCUT2D eigenvalue weighted by Gasteiger charge is 2.14. The first-order valence-electron chi connectivity index (χ1n) is 6.19. The number of nitro groups is 1. The van der Waals surface area contributed by atoms with E-state index in [1.165, 1.54) is 11.0 Å². The molecule has 0 saturated carbocycles. The molecule has 0 aromatic heterocycles. The monoisotopic (exact) mass is 280 g/mol. The summed E-state index contributed by atoms with van der Waals surface area (Å²) in [4.78, 5) is 25.4. The zero-order valence-electron chi connectivity index (χ0n) is 12.2. The molecule has 0 atom stereocenters. The minimum atomic E-state index is -0.422. The van der Waals surface area contributed by atoms with Gasteiger partial charge in [-0.3, -0.25) is 19.8 Å². The molecular weight excluding hydrogens is 260 g/mol. The maximum Gasteiger partial charge on any atom is 0.292 e. The summed E-state index contributed by atoms with van der Waals surface area (Å²) in [5.41, 5.74) is 1.43. The Balaban J connectivity index is 2.78. The molecule has 0 heterocycles. The van der Waals surface area contributed by atoms with Crippen molar-refractivity contribution in [1.82, 2.24) is 9.80 Å². The summed E-state index contributed by atoms with van der Waals surface area (Å²) < 4.78 is 0. The van der Waals surface area contributed by atoms with Crippen molar-refractivity contribution in [3.63, 3.8) is 0 Å². The predicted molar refractivity (Wildman–Crippen MR) is 77.7 cm³/mol. The molecule has 7 heteroatoms. The van der Waals surface area contributed by atoms with Crippen LogP contribution in [0.2, 0.25) is 0 Å². The third-order valence-corrected chi connectivity index (χ3v) is 2.88. The van der Waals surface area contributed by atoms with Crippen molar-refractivity contribution in [3.05, 3.63) is 33.9 Å². The van der Waals surface area contributed by atoms with Gasteiger partial charge in [-0.2, -0.15) is 0 Å². The van der Waals surface area contributed by atoms with Crippen LogP contribution in [0.25, 0.3) is 0 Å². The van der Waals surface area contributed by atoms with Gasteiger partial charge in [0.2, 0.25) is 5.91 Å². The van der Waals surface area contributed by atoms with E-state index < -0.39 is 4.92 Å². The van der Waals surface area contributed by atoms with Gasteiger partial charge in [0.1, 0.15) is 5.69 Å². The molecule has 7 nitrogen and oxygen atoms in total. The molecule has 1 rings (SSSR count). The van der Waals surface area contributed by atoms with Gasteiger partial charge in [0.15, 0.2) is 0 Å². The maximum atomic E-state index is 11.6. The molecule has 0 unspecified atom stereocenters. The van der Waals surface area contributed by atoms with Gasteiger partial charge >= 0.3 is 0 Å². The highest BCUT2D eigenvalue weighted by molar-refractivity contribution is 5.77. The van der Waals surface area contributed by atoms with E-state index in [2.05, 4.69) is 5.32 Å². The van der Waals surface area contributed by atoms with Gasteiger partial charge in [0.05, 0.1) is 11.5 Å². The van der Waals surface area contributed by atoms with Crippen molar-refractivity contribution in [3.8, 4) is 0 Å². The van der Waals surface area contributed by atoms with Gasteiger partial charge in [-0.25, -0.2) is 0 Å². The number of anilines is 1. The molecule has 20 heavy (non-hydrogen) atoms. The Labute approximate surface area is 118 Å². The van der Waals surface area contributed by atoms with Gasteiger partial charge < -0.3 is 10.2 Å². The van der Waals surface area contributed by atoms with Crippen LogP contribution in [0, 0.1) is 10.1 Å². The van der Waals surface area contributed by atoms with E-state index in [1.807, 2.05) is 11.9 Å². The molecule has 0 spiro atoms. The fourth-order valence-electron chi connectivity index (χ4n) is 1.78. The van der Waals surface area contributed by atoms with E-state index in [0.717, 1.165) is 5.56 Å². The van der Waals surface area contributed by atoms with Crippen molar-refractivity contribution in [2.45, 2.75) is 6.54 Å². The second kappa shape index (κ2) is 6.85. The lowest BCUT2D eigenvalue weighted by atomic mass is 10.1. The van der Waals surface area contributed by atoms with Crippen LogP contribution >= 0.6 is 0 Å². The normalized spacial score (nSPS) is 10.4. The molecular formula is C13H20N4O3. The zero-order chi connectivity index (χ0) is 15.3. The fourth-order valence-corrected chi connectivity index (χ4v) is 1.78. The number of nitrogens with one attached hydrogen (secondary N) is 1. The van der Waals surface area contributed by atoms with E-state index in [4.69, 9.17) is 0 Å². The Morgan fingerprint density at radius 1 is 1.35 bits per heavy atom. The standard InChI is InChI=1S/C13H20N4O3/c1-14-11-7-10(5-6-12(11)17(19)20)8-16(4)9-13(18)15(2)3/h5-7,14H,8-9H2,1-4H3. The van der Waals surface area contributed by atoms with E-state index >= 15 is 0 Å². The molecule has 0 radical (unpaired) electrons. The molecule has 0 saturated heterocycles. The molecule has 0 aliphatic rings. The van der Waals surface area contributed by atoms with Crippen LogP contribution in [0.3, 0.4) is 0 Å². The lowest BCUT2D eigenvalue weighted by Gasteiger charge is -2.19.